The van der Waals surface area contributed by atoms with E-state index in [9.17, 15) is 9.59 Å². The van der Waals surface area contributed by atoms with Gasteiger partial charge in [0.2, 0.25) is 11.8 Å². The molecule has 0 bridgehead atoms. The zero-order chi connectivity index (χ0) is 17.2. The first-order valence-electron chi connectivity index (χ1n) is 8.22. The Morgan fingerprint density at radius 3 is 1.96 bits per heavy atom. The van der Waals surface area contributed by atoms with Crippen molar-refractivity contribution < 1.29 is 9.59 Å². The minimum atomic E-state index is -0.907. The highest BCUT2D eigenvalue weighted by Crippen LogP contribution is 2.46. The molecule has 0 aromatic heterocycles. The van der Waals surface area contributed by atoms with Crippen molar-refractivity contribution in [3.8, 4) is 0 Å². The number of hydrogen-bond acceptors (Lipinski definition) is 2. The van der Waals surface area contributed by atoms with Crippen LogP contribution >= 0.6 is 0 Å². The second-order valence-electron chi connectivity index (χ2n) is 6.57. The van der Waals surface area contributed by atoms with Crippen LogP contribution in [0.15, 0.2) is 48.5 Å². The fourth-order valence-electron chi connectivity index (χ4n) is 2.63. The van der Waals surface area contributed by atoms with E-state index in [2.05, 4.69) is 10.6 Å². The van der Waals surface area contributed by atoms with Gasteiger partial charge in [-0.15, -0.1) is 0 Å². The average Bonchev–Trinajstić information content (AvgIpc) is 3.38. The van der Waals surface area contributed by atoms with E-state index in [0.717, 1.165) is 16.8 Å². The molecule has 0 aliphatic heterocycles. The summed E-state index contributed by atoms with van der Waals surface area (Å²) in [6, 6.07) is 15.6. The van der Waals surface area contributed by atoms with Crippen LogP contribution < -0.4 is 10.6 Å². The predicted molar refractivity (Wildman–Crippen MR) is 94.5 cm³/mol. The average molecular weight is 322 g/mol. The third-order valence-electron chi connectivity index (χ3n) is 4.50. The van der Waals surface area contributed by atoms with Crippen molar-refractivity contribution in [1.29, 1.82) is 0 Å². The summed E-state index contributed by atoms with van der Waals surface area (Å²) < 4.78 is 0. The van der Waals surface area contributed by atoms with E-state index in [4.69, 9.17) is 0 Å². The summed E-state index contributed by atoms with van der Waals surface area (Å²) in [6.45, 7) is 4.46. The molecule has 0 heterocycles. The van der Waals surface area contributed by atoms with Crippen LogP contribution in [0.3, 0.4) is 0 Å². The van der Waals surface area contributed by atoms with Gasteiger partial charge in [0.1, 0.15) is 5.41 Å². The van der Waals surface area contributed by atoms with Gasteiger partial charge in [-0.3, -0.25) is 9.59 Å². The summed E-state index contributed by atoms with van der Waals surface area (Å²) in [5, 5.41) is 5.76. The van der Waals surface area contributed by atoms with Gasteiger partial charge < -0.3 is 10.6 Å². The van der Waals surface area contributed by atoms with Crippen molar-refractivity contribution in [2.75, 3.05) is 5.32 Å². The van der Waals surface area contributed by atoms with Crippen molar-refractivity contribution in [1.82, 2.24) is 5.32 Å². The van der Waals surface area contributed by atoms with E-state index in [1.165, 1.54) is 5.56 Å². The molecule has 4 nitrogen and oxygen atoms in total. The molecular formula is C20H22N2O2. The molecule has 1 aliphatic carbocycles. The number of carbonyl (C=O) groups excluding carboxylic acids is 2. The van der Waals surface area contributed by atoms with Crippen LogP contribution in [0.25, 0.3) is 0 Å². The number of benzene rings is 2. The van der Waals surface area contributed by atoms with Gasteiger partial charge in [-0.1, -0.05) is 47.5 Å². The molecule has 0 radical (unpaired) electrons. The van der Waals surface area contributed by atoms with Gasteiger partial charge in [-0.25, -0.2) is 0 Å². The minimum absolute atomic E-state index is 0.187. The monoisotopic (exact) mass is 322 g/mol. The Bertz CT molecular complexity index is 744. The lowest BCUT2D eigenvalue weighted by Gasteiger charge is -2.15. The molecule has 2 amide bonds. The number of hydrogen-bond donors (Lipinski definition) is 2. The molecule has 2 aromatic rings. The molecule has 3 rings (SSSR count). The van der Waals surface area contributed by atoms with Crippen LogP contribution in [0.1, 0.15) is 29.5 Å². The van der Waals surface area contributed by atoms with E-state index in [1.807, 2.05) is 62.4 Å². The zero-order valence-corrected chi connectivity index (χ0v) is 14.1. The van der Waals surface area contributed by atoms with Crippen LogP contribution in [0.2, 0.25) is 0 Å². The van der Waals surface area contributed by atoms with Gasteiger partial charge >= 0.3 is 0 Å². The molecule has 2 N–H and O–H groups in total. The number of nitrogens with one attached hydrogen (secondary N) is 2. The Hall–Kier alpha value is -2.62. The van der Waals surface area contributed by atoms with E-state index in [0.29, 0.717) is 19.4 Å². The largest absolute Gasteiger partial charge is 0.351 e. The molecule has 0 unspecified atom stereocenters. The zero-order valence-electron chi connectivity index (χ0n) is 14.1. The SMILES string of the molecule is Cc1ccc(CNC(=O)C2(C(=O)Nc3ccc(C)cc3)CC2)cc1. The summed E-state index contributed by atoms with van der Waals surface area (Å²) in [5.74, 6) is -0.402. The Morgan fingerprint density at radius 2 is 1.42 bits per heavy atom. The Morgan fingerprint density at radius 1 is 0.875 bits per heavy atom. The van der Waals surface area contributed by atoms with E-state index >= 15 is 0 Å². The van der Waals surface area contributed by atoms with E-state index in [-0.39, 0.29) is 11.8 Å². The maximum absolute atomic E-state index is 12.5. The molecule has 4 heteroatoms. The lowest BCUT2D eigenvalue weighted by Crippen LogP contribution is -2.39. The minimum Gasteiger partial charge on any atom is -0.351 e. The van der Waals surface area contributed by atoms with Crippen molar-refractivity contribution in [3.63, 3.8) is 0 Å². The van der Waals surface area contributed by atoms with Crippen molar-refractivity contribution in [2.45, 2.75) is 33.2 Å². The van der Waals surface area contributed by atoms with E-state index in [1.54, 1.807) is 0 Å². The summed E-state index contributed by atoms with van der Waals surface area (Å²) in [4.78, 5) is 25.0. The lowest BCUT2D eigenvalue weighted by atomic mass is 10.0. The van der Waals surface area contributed by atoms with Crippen LogP contribution in [0.5, 0.6) is 0 Å². The summed E-state index contributed by atoms with van der Waals surface area (Å²) in [5.41, 5.74) is 3.16. The Kier molecular flexibility index (Phi) is 4.38. The third kappa shape index (κ3) is 3.48. The summed E-state index contributed by atoms with van der Waals surface area (Å²) >= 11 is 0. The molecule has 124 valence electrons. The van der Waals surface area contributed by atoms with Crippen LogP contribution in [0, 0.1) is 19.3 Å². The maximum Gasteiger partial charge on any atom is 0.240 e. The number of anilines is 1. The predicted octanol–water partition coefficient (Wildman–Crippen LogP) is 3.34. The maximum atomic E-state index is 12.5. The highest BCUT2D eigenvalue weighted by atomic mass is 16.2. The van der Waals surface area contributed by atoms with Crippen LogP contribution in [-0.2, 0) is 16.1 Å². The second-order valence-corrected chi connectivity index (χ2v) is 6.57. The summed E-state index contributed by atoms with van der Waals surface area (Å²) in [7, 11) is 0. The fourth-order valence-corrected chi connectivity index (χ4v) is 2.63. The highest BCUT2D eigenvalue weighted by Gasteiger charge is 2.56. The first-order chi connectivity index (χ1) is 11.5. The number of amides is 2. The molecule has 0 spiro atoms. The quantitative estimate of drug-likeness (QED) is 0.830. The van der Waals surface area contributed by atoms with Crippen molar-refractivity contribution >= 4 is 17.5 Å². The molecule has 2 aromatic carbocycles. The number of aryl methyl sites for hydroxylation is 2. The Balaban J connectivity index is 1.60. The molecule has 24 heavy (non-hydrogen) atoms. The van der Waals surface area contributed by atoms with E-state index < -0.39 is 5.41 Å². The van der Waals surface area contributed by atoms with Crippen molar-refractivity contribution in [3.05, 3.63) is 65.2 Å². The fraction of sp³-hybridized carbons (Fsp3) is 0.300. The first kappa shape index (κ1) is 16.2. The number of carbonyl (C=O) groups is 2. The highest BCUT2D eigenvalue weighted by molar-refractivity contribution is 6.13. The van der Waals surface area contributed by atoms with Crippen molar-refractivity contribution in [2.24, 2.45) is 5.41 Å². The first-order valence-corrected chi connectivity index (χ1v) is 8.22. The van der Waals surface area contributed by atoms with Gasteiger partial charge in [0, 0.05) is 12.2 Å². The molecule has 0 saturated heterocycles. The van der Waals surface area contributed by atoms with Gasteiger partial charge in [0.25, 0.3) is 0 Å². The normalized spacial score (nSPS) is 14.8. The van der Waals surface area contributed by atoms with Crippen LogP contribution in [0.4, 0.5) is 5.69 Å². The van der Waals surface area contributed by atoms with Gasteiger partial charge in [-0.2, -0.15) is 0 Å². The van der Waals surface area contributed by atoms with Gasteiger partial charge in [-0.05, 0) is 44.4 Å². The topological polar surface area (TPSA) is 58.2 Å². The standard InChI is InChI=1S/C20H22N2O2/c1-14-3-7-16(8-4-14)13-21-18(23)20(11-12-20)19(24)22-17-9-5-15(2)6-10-17/h3-10H,11-13H2,1-2H3,(H,21,23)(H,22,24). The lowest BCUT2D eigenvalue weighted by molar-refractivity contribution is -0.134. The third-order valence-corrected chi connectivity index (χ3v) is 4.50. The second kappa shape index (κ2) is 6.48. The number of rotatable bonds is 5. The molecular weight excluding hydrogens is 300 g/mol. The molecule has 1 fully saturated rings. The molecule has 1 saturated carbocycles. The van der Waals surface area contributed by atoms with Gasteiger partial charge in [0.15, 0.2) is 0 Å². The molecule has 0 atom stereocenters. The summed E-state index contributed by atoms with van der Waals surface area (Å²) in [6.07, 6.45) is 1.20. The Labute approximate surface area is 142 Å². The van der Waals surface area contributed by atoms with Crippen LogP contribution in [-0.4, -0.2) is 11.8 Å². The van der Waals surface area contributed by atoms with Gasteiger partial charge in [0.05, 0.1) is 0 Å². The smallest absolute Gasteiger partial charge is 0.240 e. The molecule has 1 aliphatic rings.